The summed E-state index contributed by atoms with van der Waals surface area (Å²) in [5.41, 5.74) is 0.388. The molecule has 120 valence electrons. The predicted molar refractivity (Wildman–Crippen MR) is 88.9 cm³/mol. The van der Waals surface area contributed by atoms with Crippen molar-refractivity contribution in [2.75, 3.05) is 13.1 Å². The molecule has 0 spiro atoms. The summed E-state index contributed by atoms with van der Waals surface area (Å²) in [6.07, 6.45) is 9.00. The van der Waals surface area contributed by atoms with Gasteiger partial charge in [0.15, 0.2) is 0 Å². The minimum Gasteiger partial charge on any atom is -0.299 e. The SMILES string of the molecule is CCCC1CCN(C2CC(C(C)(C)C)CCC2C#N)CC1. The van der Waals surface area contributed by atoms with Crippen LogP contribution in [-0.2, 0) is 0 Å². The molecule has 0 aromatic heterocycles. The van der Waals surface area contributed by atoms with Crippen LogP contribution in [0.4, 0.5) is 0 Å². The number of hydrogen-bond acceptors (Lipinski definition) is 2. The molecule has 0 aromatic rings. The van der Waals surface area contributed by atoms with Gasteiger partial charge in [-0.25, -0.2) is 0 Å². The summed E-state index contributed by atoms with van der Waals surface area (Å²) in [4.78, 5) is 2.66. The Balaban J connectivity index is 1.97. The van der Waals surface area contributed by atoms with Gasteiger partial charge >= 0.3 is 0 Å². The maximum Gasteiger partial charge on any atom is 0.0672 e. The molecule has 0 aromatic carbocycles. The van der Waals surface area contributed by atoms with E-state index in [1.807, 2.05) is 0 Å². The minimum atomic E-state index is 0.270. The Morgan fingerprint density at radius 2 is 1.76 bits per heavy atom. The topological polar surface area (TPSA) is 27.0 Å². The Morgan fingerprint density at radius 3 is 2.29 bits per heavy atom. The normalized spacial score (nSPS) is 32.8. The summed E-state index contributed by atoms with van der Waals surface area (Å²) in [5.74, 6) is 1.99. The van der Waals surface area contributed by atoms with Gasteiger partial charge in [0.25, 0.3) is 0 Å². The van der Waals surface area contributed by atoms with Crippen LogP contribution in [0.3, 0.4) is 0 Å². The molecule has 0 N–H and O–H groups in total. The molecule has 2 fully saturated rings. The lowest BCUT2D eigenvalue weighted by molar-refractivity contribution is 0.0382. The Bertz CT molecular complexity index is 355. The fourth-order valence-electron chi connectivity index (χ4n) is 4.47. The summed E-state index contributed by atoms with van der Waals surface area (Å²) in [6, 6.07) is 3.14. The average molecular weight is 290 g/mol. The molecule has 0 bridgehead atoms. The van der Waals surface area contributed by atoms with E-state index in [4.69, 9.17) is 0 Å². The van der Waals surface area contributed by atoms with Crippen LogP contribution in [0.15, 0.2) is 0 Å². The van der Waals surface area contributed by atoms with Crippen LogP contribution in [0.1, 0.15) is 72.6 Å². The standard InChI is InChI=1S/C19H34N2/c1-5-6-15-9-11-21(12-10-15)18-13-17(19(2,3)4)8-7-16(18)14-20/h15-18H,5-13H2,1-4H3. The first-order chi connectivity index (χ1) is 9.95. The first-order valence-electron chi connectivity index (χ1n) is 9.09. The van der Waals surface area contributed by atoms with E-state index < -0.39 is 0 Å². The van der Waals surface area contributed by atoms with E-state index in [0.29, 0.717) is 11.5 Å². The summed E-state index contributed by atoms with van der Waals surface area (Å²) in [7, 11) is 0. The molecule has 0 amide bonds. The Hall–Kier alpha value is -0.550. The summed E-state index contributed by atoms with van der Waals surface area (Å²) in [6.45, 7) is 11.9. The Kier molecular flexibility index (Phi) is 5.72. The van der Waals surface area contributed by atoms with Crippen LogP contribution in [0.2, 0.25) is 0 Å². The summed E-state index contributed by atoms with van der Waals surface area (Å²) < 4.78 is 0. The van der Waals surface area contributed by atoms with Crippen LogP contribution in [0, 0.1) is 34.5 Å². The van der Waals surface area contributed by atoms with E-state index >= 15 is 0 Å². The molecular weight excluding hydrogens is 256 g/mol. The predicted octanol–water partition coefficient (Wildman–Crippen LogP) is 4.85. The van der Waals surface area contributed by atoms with E-state index in [2.05, 4.69) is 38.7 Å². The zero-order valence-electron chi connectivity index (χ0n) is 14.6. The van der Waals surface area contributed by atoms with E-state index in [-0.39, 0.29) is 5.92 Å². The van der Waals surface area contributed by atoms with Crippen molar-refractivity contribution in [2.24, 2.45) is 23.2 Å². The fraction of sp³-hybridized carbons (Fsp3) is 0.947. The van der Waals surface area contributed by atoms with Crippen molar-refractivity contribution < 1.29 is 0 Å². The molecule has 3 atom stereocenters. The van der Waals surface area contributed by atoms with Crippen molar-refractivity contribution in [3.8, 4) is 6.07 Å². The van der Waals surface area contributed by atoms with Crippen LogP contribution < -0.4 is 0 Å². The first-order valence-corrected chi connectivity index (χ1v) is 9.09. The highest BCUT2D eigenvalue weighted by atomic mass is 15.2. The van der Waals surface area contributed by atoms with E-state index in [1.54, 1.807) is 0 Å². The van der Waals surface area contributed by atoms with Crippen LogP contribution in [-0.4, -0.2) is 24.0 Å². The first kappa shape index (κ1) is 16.8. The van der Waals surface area contributed by atoms with Gasteiger partial charge in [-0.05, 0) is 62.4 Å². The highest BCUT2D eigenvalue weighted by molar-refractivity contribution is 5.00. The van der Waals surface area contributed by atoms with Gasteiger partial charge in [0.05, 0.1) is 12.0 Å². The second-order valence-corrected chi connectivity index (χ2v) is 8.45. The van der Waals surface area contributed by atoms with Crippen molar-refractivity contribution in [2.45, 2.75) is 78.7 Å². The van der Waals surface area contributed by atoms with Crippen molar-refractivity contribution in [3.05, 3.63) is 0 Å². The second-order valence-electron chi connectivity index (χ2n) is 8.45. The number of likely N-dealkylation sites (tertiary alicyclic amines) is 1. The molecule has 2 rings (SSSR count). The highest BCUT2D eigenvalue weighted by Gasteiger charge is 2.39. The smallest absolute Gasteiger partial charge is 0.0672 e. The number of piperidine rings is 1. The van der Waals surface area contributed by atoms with Crippen molar-refractivity contribution >= 4 is 0 Å². The number of nitriles is 1. The fourth-order valence-corrected chi connectivity index (χ4v) is 4.47. The van der Waals surface area contributed by atoms with Gasteiger partial charge in [0, 0.05) is 6.04 Å². The maximum absolute atomic E-state index is 9.54. The quantitative estimate of drug-likeness (QED) is 0.742. The van der Waals surface area contributed by atoms with Crippen molar-refractivity contribution in [3.63, 3.8) is 0 Å². The molecule has 0 radical (unpaired) electrons. The largest absolute Gasteiger partial charge is 0.299 e. The molecular formula is C19H34N2. The highest BCUT2D eigenvalue weighted by Crippen LogP contribution is 2.42. The lowest BCUT2D eigenvalue weighted by atomic mass is 9.67. The summed E-state index contributed by atoms with van der Waals surface area (Å²) >= 11 is 0. The average Bonchev–Trinajstić information content (AvgIpc) is 2.47. The van der Waals surface area contributed by atoms with Gasteiger partial charge in [-0.3, -0.25) is 4.90 Å². The molecule has 2 heteroatoms. The molecule has 2 nitrogen and oxygen atoms in total. The molecule has 1 heterocycles. The van der Waals surface area contributed by atoms with Gasteiger partial charge in [-0.2, -0.15) is 5.26 Å². The number of hydrogen-bond donors (Lipinski definition) is 0. The molecule has 1 saturated heterocycles. The zero-order valence-corrected chi connectivity index (χ0v) is 14.6. The molecule has 21 heavy (non-hydrogen) atoms. The number of rotatable bonds is 3. The van der Waals surface area contributed by atoms with Gasteiger partial charge < -0.3 is 0 Å². The van der Waals surface area contributed by atoms with Crippen molar-refractivity contribution in [1.29, 1.82) is 5.26 Å². The van der Waals surface area contributed by atoms with Crippen LogP contribution in [0.5, 0.6) is 0 Å². The third-order valence-electron chi connectivity index (χ3n) is 6.02. The van der Waals surface area contributed by atoms with E-state index in [9.17, 15) is 5.26 Å². The van der Waals surface area contributed by atoms with Gasteiger partial charge in [0.1, 0.15) is 0 Å². The maximum atomic E-state index is 9.54. The van der Waals surface area contributed by atoms with Crippen LogP contribution in [0.25, 0.3) is 0 Å². The van der Waals surface area contributed by atoms with Gasteiger partial charge in [-0.15, -0.1) is 0 Å². The lowest BCUT2D eigenvalue weighted by Crippen LogP contribution is -2.49. The van der Waals surface area contributed by atoms with Gasteiger partial charge in [0.2, 0.25) is 0 Å². The van der Waals surface area contributed by atoms with Crippen LogP contribution >= 0.6 is 0 Å². The molecule has 2 aliphatic rings. The van der Waals surface area contributed by atoms with E-state index in [0.717, 1.165) is 18.3 Å². The third-order valence-corrected chi connectivity index (χ3v) is 6.02. The van der Waals surface area contributed by atoms with Gasteiger partial charge in [-0.1, -0.05) is 40.5 Å². The Labute approximate surface area is 131 Å². The number of nitrogens with zero attached hydrogens (tertiary/aromatic N) is 2. The summed E-state index contributed by atoms with van der Waals surface area (Å²) in [5, 5.41) is 9.54. The zero-order chi connectivity index (χ0) is 15.5. The monoisotopic (exact) mass is 290 g/mol. The second kappa shape index (κ2) is 7.14. The minimum absolute atomic E-state index is 0.270. The molecule has 3 unspecified atom stereocenters. The molecule has 1 saturated carbocycles. The molecule has 1 aliphatic carbocycles. The lowest BCUT2D eigenvalue weighted by Gasteiger charge is -2.46. The third kappa shape index (κ3) is 4.22. The Morgan fingerprint density at radius 1 is 1.10 bits per heavy atom. The molecule has 1 aliphatic heterocycles. The van der Waals surface area contributed by atoms with Crippen molar-refractivity contribution in [1.82, 2.24) is 4.90 Å². The van der Waals surface area contributed by atoms with E-state index in [1.165, 1.54) is 51.6 Å².